The summed E-state index contributed by atoms with van der Waals surface area (Å²) in [4.78, 5) is 10.8. The molecule has 0 saturated carbocycles. The van der Waals surface area contributed by atoms with Gasteiger partial charge in [-0.05, 0) is 25.1 Å². The van der Waals surface area contributed by atoms with Crippen molar-refractivity contribution in [3.8, 4) is 0 Å². The number of hydrogen-bond donors (Lipinski definition) is 0. The van der Waals surface area contributed by atoms with Crippen molar-refractivity contribution >= 4 is 37.1 Å². The van der Waals surface area contributed by atoms with Gasteiger partial charge in [-0.15, -0.1) is 0 Å². The molecular weight excluding hydrogens is 247 g/mol. The molecule has 0 atom stereocenters. The van der Waals surface area contributed by atoms with E-state index in [2.05, 4.69) is 0 Å². The van der Waals surface area contributed by atoms with E-state index in [9.17, 15) is 13.2 Å². The fourth-order valence-corrected chi connectivity index (χ4v) is 2.01. The topological polar surface area (TPSA) is 51.2 Å². The molecule has 0 saturated heterocycles. The Morgan fingerprint density at radius 2 is 1.86 bits per heavy atom. The fraction of sp³-hybridized carbons (Fsp3) is 0.125. The van der Waals surface area contributed by atoms with Gasteiger partial charge in [0.1, 0.15) is 0 Å². The second kappa shape index (κ2) is 3.88. The van der Waals surface area contributed by atoms with Crippen LogP contribution in [0.15, 0.2) is 23.1 Å². The Kier molecular flexibility index (Phi) is 3.19. The van der Waals surface area contributed by atoms with Crippen molar-refractivity contribution in [2.75, 3.05) is 0 Å². The van der Waals surface area contributed by atoms with Crippen LogP contribution in [-0.4, -0.2) is 14.2 Å². The molecule has 0 fully saturated rings. The number of halogens is 2. The maximum atomic E-state index is 11.0. The summed E-state index contributed by atoms with van der Waals surface area (Å²) in [7, 11) is 1.26. The molecule has 0 amide bonds. The quantitative estimate of drug-likeness (QED) is 0.601. The first-order valence-corrected chi connectivity index (χ1v) is 6.25. The van der Waals surface area contributed by atoms with Crippen molar-refractivity contribution in [2.24, 2.45) is 0 Å². The zero-order valence-electron chi connectivity index (χ0n) is 7.12. The van der Waals surface area contributed by atoms with Crippen molar-refractivity contribution in [1.82, 2.24) is 0 Å². The first-order valence-electron chi connectivity index (χ1n) is 3.57. The van der Waals surface area contributed by atoms with E-state index in [4.69, 9.17) is 22.3 Å². The first-order chi connectivity index (χ1) is 6.30. The minimum atomic E-state index is -3.85. The molecule has 0 aromatic heterocycles. The zero-order valence-corrected chi connectivity index (χ0v) is 9.45. The Bertz CT molecular complexity index is 479. The van der Waals surface area contributed by atoms with E-state index in [-0.39, 0.29) is 21.3 Å². The van der Waals surface area contributed by atoms with E-state index >= 15 is 0 Å². The third-order valence-electron chi connectivity index (χ3n) is 1.56. The Morgan fingerprint density at radius 1 is 1.29 bits per heavy atom. The van der Waals surface area contributed by atoms with Crippen LogP contribution in [-0.2, 0) is 9.05 Å². The summed E-state index contributed by atoms with van der Waals surface area (Å²) in [5.74, 6) is -0.269. The Labute approximate surface area is 91.1 Å². The number of benzene rings is 1. The molecule has 1 rings (SSSR count). The average Bonchev–Trinajstić information content (AvgIpc) is 2.01. The van der Waals surface area contributed by atoms with Crippen LogP contribution in [0.3, 0.4) is 0 Å². The summed E-state index contributed by atoms with van der Waals surface area (Å²) in [6, 6.07) is 3.77. The summed E-state index contributed by atoms with van der Waals surface area (Å²) in [5, 5.41) is 0.164. The highest BCUT2D eigenvalue weighted by Crippen LogP contribution is 2.22. The highest BCUT2D eigenvalue weighted by molar-refractivity contribution is 8.13. The van der Waals surface area contributed by atoms with Gasteiger partial charge < -0.3 is 0 Å². The van der Waals surface area contributed by atoms with E-state index in [1.807, 2.05) is 0 Å². The Balaban J connectivity index is 3.43. The van der Waals surface area contributed by atoms with Crippen LogP contribution in [0.2, 0.25) is 5.02 Å². The van der Waals surface area contributed by atoms with Gasteiger partial charge in [-0.25, -0.2) is 8.42 Å². The second-order valence-corrected chi connectivity index (χ2v) is 5.67. The lowest BCUT2D eigenvalue weighted by atomic mass is 10.1. The number of ketones is 1. The highest BCUT2D eigenvalue weighted by atomic mass is 35.7. The molecule has 14 heavy (non-hydrogen) atoms. The van der Waals surface area contributed by atoms with Crippen molar-refractivity contribution in [3.63, 3.8) is 0 Å². The Hall–Kier alpha value is -0.580. The summed E-state index contributed by atoms with van der Waals surface area (Å²) >= 11 is 5.62. The average molecular weight is 253 g/mol. The molecule has 0 aliphatic rings. The van der Waals surface area contributed by atoms with Crippen molar-refractivity contribution in [2.45, 2.75) is 11.8 Å². The maximum absolute atomic E-state index is 11.0. The minimum Gasteiger partial charge on any atom is -0.295 e. The standard InChI is InChI=1S/C8H6Cl2O3S/c1-5(11)6-2-7(9)4-8(3-6)14(10,12)13/h2-4H,1H3. The first kappa shape index (κ1) is 11.5. The molecule has 0 spiro atoms. The largest absolute Gasteiger partial charge is 0.295 e. The van der Waals surface area contributed by atoms with Crippen LogP contribution in [0.5, 0.6) is 0 Å². The van der Waals surface area contributed by atoms with Crippen LogP contribution in [0, 0.1) is 0 Å². The van der Waals surface area contributed by atoms with Crippen molar-refractivity contribution in [1.29, 1.82) is 0 Å². The molecule has 0 aliphatic heterocycles. The van der Waals surface area contributed by atoms with Gasteiger partial charge in [-0.1, -0.05) is 11.6 Å². The van der Waals surface area contributed by atoms with Gasteiger partial charge in [0.05, 0.1) is 4.90 Å². The summed E-state index contributed by atoms with van der Waals surface area (Å²) in [6.07, 6.45) is 0. The van der Waals surface area contributed by atoms with Gasteiger partial charge in [0, 0.05) is 21.3 Å². The van der Waals surface area contributed by atoms with E-state index in [0.29, 0.717) is 0 Å². The predicted octanol–water partition coefficient (Wildman–Crippen LogP) is 2.47. The molecule has 0 unspecified atom stereocenters. The molecule has 0 aliphatic carbocycles. The van der Waals surface area contributed by atoms with Gasteiger partial charge in [-0.2, -0.15) is 0 Å². The van der Waals surface area contributed by atoms with Crippen LogP contribution in [0.25, 0.3) is 0 Å². The lowest BCUT2D eigenvalue weighted by Gasteiger charge is -2.00. The minimum absolute atomic E-state index is 0.164. The van der Waals surface area contributed by atoms with Crippen LogP contribution >= 0.6 is 22.3 Å². The van der Waals surface area contributed by atoms with Gasteiger partial charge in [0.15, 0.2) is 5.78 Å². The smallest absolute Gasteiger partial charge is 0.261 e. The zero-order chi connectivity index (χ0) is 10.9. The summed E-state index contributed by atoms with van der Waals surface area (Å²) in [6.45, 7) is 1.32. The number of rotatable bonds is 2. The van der Waals surface area contributed by atoms with Crippen molar-refractivity contribution < 1.29 is 13.2 Å². The maximum Gasteiger partial charge on any atom is 0.261 e. The SMILES string of the molecule is CC(=O)c1cc(Cl)cc(S(=O)(=O)Cl)c1. The molecule has 76 valence electrons. The van der Waals surface area contributed by atoms with Gasteiger partial charge >= 0.3 is 0 Å². The van der Waals surface area contributed by atoms with Crippen LogP contribution in [0.1, 0.15) is 17.3 Å². The lowest BCUT2D eigenvalue weighted by Crippen LogP contribution is -1.97. The monoisotopic (exact) mass is 252 g/mol. The second-order valence-electron chi connectivity index (χ2n) is 2.67. The number of carbonyl (C=O) groups excluding carboxylic acids is 1. The molecule has 0 N–H and O–H groups in total. The molecule has 1 aromatic rings. The van der Waals surface area contributed by atoms with E-state index in [0.717, 1.165) is 0 Å². The molecular formula is C8H6Cl2O3S. The number of Topliss-reactive ketones (excluding diaryl/α,β-unsaturated/α-hetero) is 1. The van der Waals surface area contributed by atoms with E-state index < -0.39 is 9.05 Å². The fourth-order valence-electron chi connectivity index (χ4n) is 0.907. The van der Waals surface area contributed by atoms with Crippen LogP contribution < -0.4 is 0 Å². The molecule has 6 heteroatoms. The van der Waals surface area contributed by atoms with Crippen LogP contribution in [0.4, 0.5) is 0 Å². The molecule has 3 nitrogen and oxygen atoms in total. The third kappa shape index (κ3) is 2.70. The Morgan fingerprint density at radius 3 is 2.29 bits per heavy atom. The molecule has 1 aromatic carbocycles. The summed E-state index contributed by atoms with van der Waals surface area (Å²) < 4.78 is 21.9. The third-order valence-corrected chi connectivity index (χ3v) is 3.11. The van der Waals surface area contributed by atoms with E-state index in [1.54, 1.807) is 0 Å². The van der Waals surface area contributed by atoms with Crippen molar-refractivity contribution in [3.05, 3.63) is 28.8 Å². The normalized spacial score (nSPS) is 11.4. The lowest BCUT2D eigenvalue weighted by molar-refractivity contribution is 0.101. The molecule has 0 radical (unpaired) electrons. The highest BCUT2D eigenvalue weighted by Gasteiger charge is 2.13. The molecule has 0 bridgehead atoms. The summed E-state index contributed by atoms with van der Waals surface area (Å²) in [5.41, 5.74) is 0.219. The molecule has 0 heterocycles. The van der Waals surface area contributed by atoms with Gasteiger partial charge in [0.2, 0.25) is 0 Å². The predicted molar refractivity (Wildman–Crippen MR) is 54.5 cm³/mol. The van der Waals surface area contributed by atoms with Gasteiger partial charge in [-0.3, -0.25) is 4.79 Å². The number of hydrogen-bond acceptors (Lipinski definition) is 3. The van der Waals surface area contributed by atoms with E-state index in [1.165, 1.54) is 25.1 Å². The number of carbonyl (C=O) groups is 1. The van der Waals surface area contributed by atoms with Gasteiger partial charge in [0.25, 0.3) is 9.05 Å².